The van der Waals surface area contributed by atoms with E-state index < -0.39 is 5.97 Å². The van der Waals surface area contributed by atoms with Crippen molar-refractivity contribution in [3.05, 3.63) is 35.8 Å². The van der Waals surface area contributed by atoms with Gasteiger partial charge in [-0.15, -0.1) is 5.10 Å². The fraction of sp³-hybridized carbons (Fsp3) is 0.385. The first-order valence-electron chi connectivity index (χ1n) is 6.39. The second kappa shape index (κ2) is 6.14. The Hall–Kier alpha value is -2.44. The van der Waals surface area contributed by atoms with Crippen molar-refractivity contribution in [2.24, 2.45) is 0 Å². The Morgan fingerprint density at radius 3 is 2.85 bits per heavy atom. The Balaban J connectivity index is 2.07. The molecule has 0 spiro atoms. The molecule has 7 heteroatoms. The van der Waals surface area contributed by atoms with Crippen molar-refractivity contribution in [2.45, 2.75) is 26.3 Å². The lowest BCUT2D eigenvalue weighted by Gasteiger charge is -2.11. The molecule has 2 N–H and O–H groups in total. The van der Waals surface area contributed by atoms with E-state index in [4.69, 9.17) is 5.11 Å². The first kappa shape index (κ1) is 14.0. The van der Waals surface area contributed by atoms with Gasteiger partial charge in [0.15, 0.2) is 0 Å². The van der Waals surface area contributed by atoms with E-state index in [-0.39, 0.29) is 11.5 Å². The van der Waals surface area contributed by atoms with Crippen molar-refractivity contribution < 1.29 is 9.90 Å². The van der Waals surface area contributed by atoms with Crippen molar-refractivity contribution in [3.8, 4) is 0 Å². The quantitative estimate of drug-likeness (QED) is 0.832. The van der Waals surface area contributed by atoms with Crippen LogP contribution in [0.4, 0.5) is 5.82 Å². The number of pyridine rings is 1. The molecule has 2 aromatic rings. The van der Waals surface area contributed by atoms with Crippen LogP contribution in [0.3, 0.4) is 0 Å². The van der Waals surface area contributed by atoms with Gasteiger partial charge in [0.1, 0.15) is 5.82 Å². The molecule has 0 aliphatic rings. The van der Waals surface area contributed by atoms with E-state index in [1.807, 2.05) is 13.8 Å². The van der Waals surface area contributed by atoms with Gasteiger partial charge >= 0.3 is 5.97 Å². The van der Waals surface area contributed by atoms with Crippen molar-refractivity contribution in [1.29, 1.82) is 0 Å². The third-order valence-corrected chi connectivity index (χ3v) is 2.80. The molecule has 2 heterocycles. The molecule has 0 fully saturated rings. The first-order chi connectivity index (χ1) is 9.56. The maximum Gasteiger partial charge on any atom is 0.335 e. The van der Waals surface area contributed by atoms with Gasteiger partial charge in [-0.05, 0) is 18.1 Å². The Morgan fingerprint density at radius 1 is 1.45 bits per heavy atom. The van der Waals surface area contributed by atoms with Crippen LogP contribution in [0.2, 0.25) is 0 Å². The zero-order chi connectivity index (χ0) is 14.5. The van der Waals surface area contributed by atoms with Crippen LogP contribution >= 0.6 is 0 Å². The summed E-state index contributed by atoms with van der Waals surface area (Å²) in [5.74, 6) is -0.215. The fourth-order valence-electron chi connectivity index (χ4n) is 1.71. The van der Waals surface area contributed by atoms with E-state index in [2.05, 4.69) is 20.6 Å². The number of anilines is 1. The van der Waals surface area contributed by atoms with Crippen LogP contribution in [0, 0.1) is 0 Å². The van der Waals surface area contributed by atoms with E-state index in [0.29, 0.717) is 18.9 Å². The van der Waals surface area contributed by atoms with Gasteiger partial charge in [0, 0.05) is 18.4 Å². The molecule has 0 saturated carbocycles. The van der Waals surface area contributed by atoms with Crippen LogP contribution in [-0.2, 0) is 6.54 Å². The predicted molar refractivity (Wildman–Crippen MR) is 73.8 cm³/mol. The summed E-state index contributed by atoms with van der Waals surface area (Å²) in [6, 6.07) is 3.14. The highest BCUT2D eigenvalue weighted by Crippen LogP contribution is 2.17. The minimum absolute atomic E-state index is 0.171. The average molecular weight is 275 g/mol. The molecule has 20 heavy (non-hydrogen) atoms. The molecule has 0 saturated heterocycles. The summed E-state index contributed by atoms with van der Waals surface area (Å²) >= 11 is 0. The van der Waals surface area contributed by atoms with Gasteiger partial charge in [-0.2, -0.15) is 0 Å². The number of carbonyl (C=O) groups is 1. The summed E-state index contributed by atoms with van der Waals surface area (Å²) in [6.45, 7) is 5.19. The van der Waals surface area contributed by atoms with E-state index in [0.717, 1.165) is 5.69 Å². The summed E-state index contributed by atoms with van der Waals surface area (Å²) in [5, 5.41) is 19.8. The zero-order valence-electron chi connectivity index (χ0n) is 11.4. The zero-order valence-corrected chi connectivity index (χ0v) is 11.4. The molecular formula is C13H17N5O2. The molecule has 106 valence electrons. The number of hydrogen-bond acceptors (Lipinski definition) is 5. The van der Waals surface area contributed by atoms with Gasteiger partial charge < -0.3 is 10.4 Å². The summed E-state index contributed by atoms with van der Waals surface area (Å²) in [4.78, 5) is 15.5. The molecule has 2 rings (SSSR count). The lowest BCUT2D eigenvalue weighted by molar-refractivity contribution is 0.0696. The van der Waals surface area contributed by atoms with Gasteiger partial charge in [0.2, 0.25) is 0 Å². The molecule has 0 bridgehead atoms. The number of nitrogens with one attached hydrogen (secondary N) is 1. The molecule has 7 nitrogen and oxygen atoms in total. The molecule has 2 aromatic heterocycles. The second-order valence-corrected chi connectivity index (χ2v) is 4.72. The highest BCUT2D eigenvalue weighted by atomic mass is 16.4. The number of aromatic carboxylic acids is 1. The van der Waals surface area contributed by atoms with Crippen LogP contribution < -0.4 is 5.32 Å². The second-order valence-electron chi connectivity index (χ2n) is 4.72. The minimum atomic E-state index is -0.950. The standard InChI is InChI=1S/C13H17N5O2/c1-9(2)11-7-10(13(19)20)8-12(16-11)14-3-5-18-6-4-15-17-18/h4,6-9H,3,5H2,1-2H3,(H,14,16)(H,19,20). The molecule has 0 aliphatic carbocycles. The van der Waals surface area contributed by atoms with Crippen molar-refractivity contribution in [3.63, 3.8) is 0 Å². The van der Waals surface area contributed by atoms with Gasteiger partial charge in [0.05, 0.1) is 18.3 Å². The third-order valence-electron chi connectivity index (χ3n) is 2.80. The normalized spacial score (nSPS) is 10.8. The molecule has 0 aliphatic heterocycles. The maximum atomic E-state index is 11.1. The van der Waals surface area contributed by atoms with Crippen LogP contribution in [0.15, 0.2) is 24.5 Å². The highest BCUT2D eigenvalue weighted by molar-refractivity contribution is 5.88. The largest absolute Gasteiger partial charge is 0.478 e. The third kappa shape index (κ3) is 3.53. The minimum Gasteiger partial charge on any atom is -0.478 e. The Kier molecular flexibility index (Phi) is 4.29. The SMILES string of the molecule is CC(C)c1cc(C(=O)O)cc(NCCn2ccnn2)n1. The van der Waals surface area contributed by atoms with Gasteiger partial charge in [-0.25, -0.2) is 9.78 Å². The van der Waals surface area contributed by atoms with Gasteiger partial charge in [0.25, 0.3) is 0 Å². The van der Waals surface area contributed by atoms with E-state index in [1.165, 1.54) is 6.07 Å². The van der Waals surface area contributed by atoms with Crippen molar-refractivity contribution >= 4 is 11.8 Å². The van der Waals surface area contributed by atoms with E-state index >= 15 is 0 Å². The summed E-state index contributed by atoms with van der Waals surface area (Å²) in [5.41, 5.74) is 1.00. The van der Waals surface area contributed by atoms with Crippen molar-refractivity contribution in [1.82, 2.24) is 20.0 Å². The van der Waals surface area contributed by atoms with Gasteiger partial charge in [-0.3, -0.25) is 4.68 Å². The molecule has 0 amide bonds. The van der Waals surface area contributed by atoms with Crippen LogP contribution in [0.25, 0.3) is 0 Å². The highest BCUT2D eigenvalue weighted by Gasteiger charge is 2.10. The number of rotatable bonds is 6. The molecule has 0 radical (unpaired) electrons. The smallest absolute Gasteiger partial charge is 0.335 e. The van der Waals surface area contributed by atoms with Crippen LogP contribution in [0.1, 0.15) is 35.8 Å². The number of carboxylic acids is 1. The topological polar surface area (TPSA) is 92.9 Å². The number of aromatic nitrogens is 4. The molecule has 0 atom stereocenters. The Morgan fingerprint density at radius 2 is 2.25 bits per heavy atom. The first-order valence-corrected chi connectivity index (χ1v) is 6.39. The van der Waals surface area contributed by atoms with Gasteiger partial charge in [-0.1, -0.05) is 19.1 Å². The lowest BCUT2D eigenvalue weighted by Crippen LogP contribution is -2.13. The Bertz CT molecular complexity index is 580. The lowest BCUT2D eigenvalue weighted by atomic mass is 10.1. The average Bonchev–Trinajstić information content (AvgIpc) is 2.91. The van der Waals surface area contributed by atoms with E-state index in [9.17, 15) is 4.79 Å². The van der Waals surface area contributed by atoms with Crippen molar-refractivity contribution in [2.75, 3.05) is 11.9 Å². The summed E-state index contributed by atoms with van der Waals surface area (Å²) in [6.07, 6.45) is 3.38. The van der Waals surface area contributed by atoms with Crippen LogP contribution in [0.5, 0.6) is 0 Å². The number of nitrogens with zero attached hydrogens (tertiary/aromatic N) is 4. The maximum absolute atomic E-state index is 11.1. The molecular weight excluding hydrogens is 258 g/mol. The predicted octanol–water partition coefficient (Wildman–Crippen LogP) is 1.61. The fourth-order valence-corrected chi connectivity index (χ4v) is 1.71. The van der Waals surface area contributed by atoms with Crippen LogP contribution in [-0.4, -0.2) is 37.6 Å². The molecule has 0 unspecified atom stereocenters. The monoisotopic (exact) mass is 275 g/mol. The summed E-state index contributed by atoms with van der Waals surface area (Å²) in [7, 11) is 0. The number of carboxylic acid groups (broad SMARTS) is 1. The number of hydrogen-bond donors (Lipinski definition) is 2. The Labute approximate surface area is 116 Å². The molecule has 0 aromatic carbocycles. The van der Waals surface area contributed by atoms with E-state index in [1.54, 1.807) is 23.1 Å². The summed E-state index contributed by atoms with van der Waals surface area (Å²) < 4.78 is 1.69.